The summed E-state index contributed by atoms with van der Waals surface area (Å²) < 4.78 is 6.38. The Kier molecular flexibility index (Phi) is 4.89. The highest BCUT2D eigenvalue weighted by molar-refractivity contribution is 7.22. The van der Waals surface area contributed by atoms with Crippen LogP contribution in [-0.2, 0) is 11.2 Å². The Morgan fingerprint density at radius 1 is 1.31 bits per heavy atom. The molecule has 1 saturated heterocycles. The van der Waals surface area contributed by atoms with Gasteiger partial charge in [0.1, 0.15) is 0 Å². The number of carbonyl (C=O) groups excluding carboxylic acids is 1. The Hall–Kier alpha value is -2.02. The number of aromatic nitrogens is 2. The number of hydrogen-bond donors (Lipinski definition) is 1. The van der Waals surface area contributed by atoms with Crippen LogP contribution < -0.4 is 5.73 Å². The van der Waals surface area contributed by atoms with Crippen molar-refractivity contribution < 1.29 is 9.53 Å². The lowest BCUT2D eigenvalue weighted by molar-refractivity contribution is 0.0547. The smallest absolute Gasteiger partial charge is 0.270 e. The van der Waals surface area contributed by atoms with Crippen LogP contribution in [0.4, 0.5) is 0 Å². The van der Waals surface area contributed by atoms with E-state index in [1.807, 2.05) is 24.3 Å². The van der Waals surface area contributed by atoms with Crippen LogP contribution in [0.1, 0.15) is 29.0 Å². The van der Waals surface area contributed by atoms with Gasteiger partial charge in [-0.05, 0) is 48.9 Å². The normalized spacial score (nSPS) is 17.5. The molecule has 1 aromatic carbocycles. The van der Waals surface area contributed by atoms with Gasteiger partial charge in [-0.3, -0.25) is 4.79 Å². The number of primary amides is 1. The van der Waals surface area contributed by atoms with Gasteiger partial charge in [0.05, 0.1) is 10.4 Å². The number of benzene rings is 1. The van der Waals surface area contributed by atoms with E-state index in [0.29, 0.717) is 10.9 Å². The fourth-order valence-corrected chi connectivity index (χ4v) is 4.60. The van der Waals surface area contributed by atoms with Crippen LogP contribution in [0, 0.1) is 5.92 Å². The molecule has 3 aromatic rings. The number of ether oxygens (including phenoxy) is 1. The molecule has 0 spiro atoms. The van der Waals surface area contributed by atoms with E-state index >= 15 is 0 Å². The molecule has 1 aliphatic rings. The third kappa shape index (κ3) is 3.45. The highest BCUT2D eigenvalue weighted by atomic mass is 35.5. The lowest BCUT2D eigenvalue weighted by Gasteiger charge is -2.21. The van der Waals surface area contributed by atoms with Crippen LogP contribution in [-0.4, -0.2) is 29.3 Å². The van der Waals surface area contributed by atoms with Crippen molar-refractivity contribution in [3.05, 3.63) is 46.7 Å². The van der Waals surface area contributed by atoms with Crippen molar-refractivity contribution >= 4 is 38.9 Å². The molecule has 0 saturated carbocycles. The van der Waals surface area contributed by atoms with E-state index in [9.17, 15) is 4.79 Å². The average molecular weight is 388 g/mol. The van der Waals surface area contributed by atoms with Crippen LogP contribution in [0.25, 0.3) is 20.5 Å². The maximum Gasteiger partial charge on any atom is 0.270 e. The fraction of sp³-hybridized carbons (Fsp3) is 0.316. The van der Waals surface area contributed by atoms with Crippen LogP contribution in [0.5, 0.6) is 0 Å². The Labute approximate surface area is 160 Å². The molecule has 2 aromatic heterocycles. The minimum Gasteiger partial charge on any atom is -0.381 e. The van der Waals surface area contributed by atoms with Gasteiger partial charge < -0.3 is 10.5 Å². The molecule has 2 N–H and O–H groups in total. The van der Waals surface area contributed by atoms with Gasteiger partial charge in [-0.25, -0.2) is 0 Å². The summed E-state index contributed by atoms with van der Waals surface area (Å²) in [6.45, 7) is 1.58. The first-order valence-electron chi connectivity index (χ1n) is 8.54. The molecule has 1 atom stereocenters. The third-order valence-electron chi connectivity index (χ3n) is 4.63. The SMILES string of the molecule is NC(=O)c1nnc(CC2CCCOC2)c2cc(-c3ccc(Cl)cc3)sc12. The first kappa shape index (κ1) is 17.4. The number of nitrogens with zero attached hydrogens (tertiary/aromatic N) is 2. The fourth-order valence-electron chi connectivity index (χ4n) is 3.30. The van der Waals surface area contributed by atoms with Crippen LogP contribution >= 0.6 is 22.9 Å². The minimum atomic E-state index is -0.556. The first-order valence-corrected chi connectivity index (χ1v) is 9.74. The molecule has 5 nitrogen and oxygen atoms in total. The van der Waals surface area contributed by atoms with E-state index in [2.05, 4.69) is 16.3 Å². The number of halogens is 1. The number of fused-ring (bicyclic) bond motifs is 1. The number of nitrogens with two attached hydrogens (primary N) is 1. The topological polar surface area (TPSA) is 78.1 Å². The quantitative estimate of drug-likeness (QED) is 0.731. The Morgan fingerprint density at radius 2 is 2.12 bits per heavy atom. The van der Waals surface area contributed by atoms with Gasteiger partial charge in [-0.15, -0.1) is 16.4 Å². The van der Waals surface area contributed by atoms with E-state index in [0.717, 1.165) is 58.7 Å². The molecule has 3 heterocycles. The Morgan fingerprint density at radius 3 is 2.81 bits per heavy atom. The van der Waals surface area contributed by atoms with Crippen LogP contribution in [0.3, 0.4) is 0 Å². The maximum absolute atomic E-state index is 11.8. The molecule has 1 amide bonds. The summed E-state index contributed by atoms with van der Waals surface area (Å²) in [7, 11) is 0. The van der Waals surface area contributed by atoms with Gasteiger partial charge >= 0.3 is 0 Å². The zero-order valence-electron chi connectivity index (χ0n) is 14.1. The highest BCUT2D eigenvalue weighted by Crippen LogP contribution is 2.37. The van der Waals surface area contributed by atoms with Gasteiger partial charge in [0.2, 0.25) is 0 Å². The molecule has 0 radical (unpaired) electrons. The standard InChI is InChI=1S/C19H18ClN3O2S/c20-13-5-3-12(4-6-13)16-9-14-15(8-11-2-1-7-25-10-11)22-23-17(19(21)24)18(14)26-16/h3-6,9,11H,1-2,7-8,10H2,(H2,21,24). The zero-order valence-corrected chi connectivity index (χ0v) is 15.6. The van der Waals surface area contributed by atoms with Gasteiger partial charge in [-0.2, -0.15) is 5.10 Å². The summed E-state index contributed by atoms with van der Waals surface area (Å²) in [6, 6.07) is 9.71. The lowest BCUT2D eigenvalue weighted by Crippen LogP contribution is -2.20. The van der Waals surface area contributed by atoms with Crippen molar-refractivity contribution in [1.82, 2.24) is 10.2 Å². The van der Waals surface area contributed by atoms with Crippen molar-refractivity contribution in [3.8, 4) is 10.4 Å². The van der Waals surface area contributed by atoms with E-state index < -0.39 is 5.91 Å². The van der Waals surface area contributed by atoms with Crippen molar-refractivity contribution in [1.29, 1.82) is 0 Å². The average Bonchev–Trinajstić information content (AvgIpc) is 3.09. The lowest BCUT2D eigenvalue weighted by atomic mass is 9.95. The van der Waals surface area contributed by atoms with Crippen molar-refractivity contribution in [2.24, 2.45) is 11.7 Å². The second-order valence-corrected chi connectivity index (χ2v) is 8.00. The first-order chi connectivity index (χ1) is 12.6. The zero-order chi connectivity index (χ0) is 18.1. The Balaban J connectivity index is 1.78. The predicted octanol–water partition coefficient (Wildman–Crippen LogP) is 4.08. The summed E-state index contributed by atoms with van der Waals surface area (Å²) in [5.41, 5.74) is 7.68. The number of carbonyl (C=O) groups is 1. The molecule has 1 fully saturated rings. The van der Waals surface area contributed by atoms with Crippen molar-refractivity contribution in [3.63, 3.8) is 0 Å². The summed E-state index contributed by atoms with van der Waals surface area (Å²) in [6.07, 6.45) is 2.98. The molecule has 1 aliphatic heterocycles. The molecule has 1 unspecified atom stereocenters. The van der Waals surface area contributed by atoms with E-state index in [1.54, 1.807) is 0 Å². The second kappa shape index (κ2) is 7.31. The summed E-state index contributed by atoms with van der Waals surface area (Å²) >= 11 is 7.50. The van der Waals surface area contributed by atoms with Gasteiger partial charge in [0, 0.05) is 28.5 Å². The molecule has 134 valence electrons. The number of rotatable bonds is 4. The molecular formula is C19H18ClN3O2S. The van der Waals surface area contributed by atoms with Gasteiger partial charge in [0.25, 0.3) is 5.91 Å². The summed E-state index contributed by atoms with van der Waals surface area (Å²) in [4.78, 5) is 12.8. The maximum atomic E-state index is 11.8. The highest BCUT2D eigenvalue weighted by Gasteiger charge is 2.21. The summed E-state index contributed by atoms with van der Waals surface area (Å²) in [5, 5.41) is 10.1. The van der Waals surface area contributed by atoms with Crippen molar-refractivity contribution in [2.45, 2.75) is 19.3 Å². The summed E-state index contributed by atoms with van der Waals surface area (Å²) in [5.74, 6) is -0.126. The predicted molar refractivity (Wildman–Crippen MR) is 104 cm³/mol. The number of thiophene rings is 1. The van der Waals surface area contributed by atoms with Gasteiger partial charge in [0.15, 0.2) is 5.69 Å². The third-order valence-corrected chi connectivity index (χ3v) is 6.07. The number of hydrogen-bond acceptors (Lipinski definition) is 5. The van der Waals surface area contributed by atoms with E-state index in [1.165, 1.54) is 11.3 Å². The van der Waals surface area contributed by atoms with E-state index in [-0.39, 0.29) is 5.69 Å². The molecule has 0 aliphatic carbocycles. The minimum absolute atomic E-state index is 0.230. The monoisotopic (exact) mass is 387 g/mol. The Bertz CT molecular complexity index is 949. The molecule has 0 bridgehead atoms. The van der Waals surface area contributed by atoms with Crippen molar-refractivity contribution in [2.75, 3.05) is 13.2 Å². The van der Waals surface area contributed by atoms with E-state index in [4.69, 9.17) is 22.1 Å². The second-order valence-electron chi connectivity index (χ2n) is 6.51. The van der Waals surface area contributed by atoms with Gasteiger partial charge in [-0.1, -0.05) is 23.7 Å². The molecule has 4 rings (SSSR count). The molecule has 7 heteroatoms. The van der Waals surface area contributed by atoms with Crippen LogP contribution in [0.2, 0.25) is 5.02 Å². The largest absolute Gasteiger partial charge is 0.381 e. The van der Waals surface area contributed by atoms with Crippen LogP contribution in [0.15, 0.2) is 30.3 Å². The molecule has 26 heavy (non-hydrogen) atoms. The number of amides is 1. The molecular weight excluding hydrogens is 370 g/mol.